The Balaban J connectivity index is 2.29. The zero-order valence-electron chi connectivity index (χ0n) is 9.54. The summed E-state index contributed by atoms with van der Waals surface area (Å²) in [5.41, 5.74) is 1.31. The van der Waals surface area contributed by atoms with Gasteiger partial charge in [-0.3, -0.25) is 9.63 Å². The largest absolute Gasteiger partial charge is 0.282 e. The summed E-state index contributed by atoms with van der Waals surface area (Å²) in [7, 11) is 1.48. The van der Waals surface area contributed by atoms with E-state index in [0.29, 0.717) is 11.3 Å². The van der Waals surface area contributed by atoms with Crippen LogP contribution in [0.5, 0.6) is 0 Å². The molecule has 17 heavy (non-hydrogen) atoms. The Bertz CT molecular complexity index is 482. The molecule has 0 saturated carbocycles. The molecule has 0 aliphatic rings. The molecule has 2 aromatic rings. The van der Waals surface area contributed by atoms with Crippen LogP contribution in [0.1, 0.15) is 10.4 Å². The van der Waals surface area contributed by atoms with Gasteiger partial charge >= 0.3 is 0 Å². The summed E-state index contributed by atoms with van der Waals surface area (Å²) in [6.45, 7) is 0. The normalized spacial score (nSPS) is 9.94. The fourth-order valence-electron chi connectivity index (χ4n) is 1.57. The Hall–Kier alpha value is -2.13. The van der Waals surface area contributed by atoms with E-state index in [2.05, 4.69) is 0 Å². The van der Waals surface area contributed by atoms with Crippen LogP contribution in [0.15, 0.2) is 60.7 Å². The Morgan fingerprint density at radius 1 is 0.941 bits per heavy atom. The smallest absolute Gasteiger partial charge is 0.269 e. The van der Waals surface area contributed by atoms with Crippen molar-refractivity contribution in [3.63, 3.8) is 0 Å². The standard InChI is InChI=1S/C14H13NO2/c1-17-15(13-10-6-3-7-11-13)14(16)12-8-4-2-5-9-12/h2-11H,1H3. The van der Waals surface area contributed by atoms with Gasteiger partial charge in [-0.15, -0.1) is 0 Å². The fourth-order valence-corrected chi connectivity index (χ4v) is 1.57. The molecule has 0 unspecified atom stereocenters. The minimum atomic E-state index is -0.181. The van der Waals surface area contributed by atoms with E-state index in [-0.39, 0.29) is 5.91 Å². The Morgan fingerprint density at radius 3 is 2.00 bits per heavy atom. The molecule has 3 nitrogen and oxygen atoms in total. The lowest BCUT2D eigenvalue weighted by molar-refractivity contribution is 0.0773. The van der Waals surface area contributed by atoms with Crippen LogP contribution in [0.3, 0.4) is 0 Å². The molecule has 0 aliphatic carbocycles. The van der Waals surface area contributed by atoms with Gasteiger partial charge in [-0.05, 0) is 24.3 Å². The van der Waals surface area contributed by atoms with Gasteiger partial charge in [0.15, 0.2) is 0 Å². The van der Waals surface area contributed by atoms with E-state index in [1.807, 2.05) is 48.5 Å². The maximum Gasteiger partial charge on any atom is 0.282 e. The van der Waals surface area contributed by atoms with Gasteiger partial charge in [-0.2, -0.15) is 5.06 Å². The Labute approximate surface area is 100 Å². The van der Waals surface area contributed by atoms with Crippen LogP contribution in [0.4, 0.5) is 5.69 Å². The molecule has 0 aliphatic heterocycles. The highest BCUT2D eigenvalue weighted by atomic mass is 16.7. The topological polar surface area (TPSA) is 29.5 Å². The van der Waals surface area contributed by atoms with Crippen LogP contribution in [-0.2, 0) is 4.84 Å². The number of nitrogens with zero attached hydrogens (tertiary/aromatic N) is 1. The molecular formula is C14H13NO2. The first-order valence-corrected chi connectivity index (χ1v) is 5.31. The second-order valence-corrected chi connectivity index (χ2v) is 3.48. The van der Waals surface area contributed by atoms with Crippen LogP contribution in [0.25, 0.3) is 0 Å². The van der Waals surface area contributed by atoms with Gasteiger partial charge in [0.25, 0.3) is 5.91 Å². The van der Waals surface area contributed by atoms with Crippen molar-refractivity contribution in [2.75, 3.05) is 12.2 Å². The summed E-state index contributed by atoms with van der Waals surface area (Å²) in [5, 5.41) is 1.27. The molecule has 0 aromatic heterocycles. The number of amides is 1. The van der Waals surface area contributed by atoms with E-state index in [9.17, 15) is 4.79 Å². The zero-order valence-corrected chi connectivity index (χ0v) is 9.54. The molecule has 0 spiro atoms. The fraction of sp³-hybridized carbons (Fsp3) is 0.0714. The summed E-state index contributed by atoms with van der Waals surface area (Å²) in [4.78, 5) is 17.3. The number of anilines is 1. The molecular weight excluding hydrogens is 214 g/mol. The maximum atomic E-state index is 12.2. The molecule has 1 amide bonds. The molecule has 3 heteroatoms. The maximum absolute atomic E-state index is 12.2. The monoisotopic (exact) mass is 227 g/mol. The van der Waals surface area contributed by atoms with Crippen molar-refractivity contribution in [2.45, 2.75) is 0 Å². The highest BCUT2D eigenvalue weighted by Crippen LogP contribution is 2.16. The van der Waals surface area contributed by atoms with E-state index in [0.717, 1.165) is 0 Å². The van der Waals surface area contributed by atoms with Crippen LogP contribution in [0.2, 0.25) is 0 Å². The first-order valence-electron chi connectivity index (χ1n) is 5.31. The van der Waals surface area contributed by atoms with Crippen molar-refractivity contribution in [3.05, 3.63) is 66.2 Å². The summed E-state index contributed by atoms with van der Waals surface area (Å²) in [6, 6.07) is 18.3. The number of hydroxylamine groups is 1. The second-order valence-electron chi connectivity index (χ2n) is 3.48. The quantitative estimate of drug-likeness (QED) is 0.754. The first kappa shape index (κ1) is 11.4. The lowest BCUT2D eigenvalue weighted by Crippen LogP contribution is -2.29. The van der Waals surface area contributed by atoms with Gasteiger partial charge in [0.1, 0.15) is 0 Å². The van der Waals surface area contributed by atoms with Crippen molar-refractivity contribution in [1.82, 2.24) is 0 Å². The number of carbonyl (C=O) groups is 1. The number of carbonyl (C=O) groups excluding carboxylic acids is 1. The number of para-hydroxylation sites is 1. The predicted octanol–water partition coefficient (Wildman–Crippen LogP) is 2.89. The highest BCUT2D eigenvalue weighted by molar-refractivity contribution is 6.04. The van der Waals surface area contributed by atoms with E-state index in [4.69, 9.17) is 4.84 Å². The average Bonchev–Trinajstić information content (AvgIpc) is 2.42. The second kappa shape index (κ2) is 5.27. The summed E-state index contributed by atoms with van der Waals surface area (Å²) < 4.78 is 0. The van der Waals surface area contributed by atoms with E-state index < -0.39 is 0 Å². The first-order chi connectivity index (χ1) is 8.33. The molecule has 2 rings (SSSR count). The molecule has 86 valence electrons. The minimum Gasteiger partial charge on any atom is -0.269 e. The number of hydrogen-bond acceptors (Lipinski definition) is 2. The number of hydrogen-bond donors (Lipinski definition) is 0. The average molecular weight is 227 g/mol. The predicted molar refractivity (Wildman–Crippen MR) is 66.7 cm³/mol. The summed E-state index contributed by atoms with van der Waals surface area (Å²) >= 11 is 0. The third-order valence-corrected chi connectivity index (χ3v) is 2.38. The van der Waals surface area contributed by atoms with Crippen LogP contribution < -0.4 is 5.06 Å². The van der Waals surface area contributed by atoms with Crippen molar-refractivity contribution in [2.24, 2.45) is 0 Å². The number of rotatable bonds is 3. The third kappa shape index (κ3) is 2.52. The van der Waals surface area contributed by atoms with Crippen LogP contribution >= 0.6 is 0 Å². The van der Waals surface area contributed by atoms with Crippen molar-refractivity contribution < 1.29 is 9.63 Å². The van der Waals surface area contributed by atoms with Crippen molar-refractivity contribution in [3.8, 4) is 0 Å². The van der Waals surface area contributed by atoms with Gasteiger partial charge < -0.3 is 0 Å². The number of benzene rings is 2. The van der Waals surface area contributed by atoms with Crippen molar-refractivity contribution in [1.29, 1.82) is 0 Å². The van der Waals surface area contributed by atoms with Gasteiger partial charge in [0.2, 0.25) is 0 Å². The van der Waals surface area contributed by atoms with Crippen molar-refractivity contribution >= 4 is 11.6 Å². The van der Waals surface area contributed by atoms with E-state index >= 15 is 0 Å². The summed E-state index contributed by atoms with van der Waals surface area (Å²) in [5.74, 6) is -0.181. The molecule has 0 heterocycles. The summed E-state index contributed by atoms with van der Waals surface area (Å²) in [6.07, 6.45) is 0. The molecule has 0 fully saturated rings. The van der Waals surface area contributed by atoms with Gasteiger partial charge in [0, 0.05) is 5.56 Å². The third-order valence-electron chi connectivity index (χ3n) is 2.38. The lowest BCUT2D eigenvalue weighted by Gasteiger charge is -2.19. The molecule has 2 aromatic carbocycles. The van der Waals surface area contributed by atoms with Crippen LogP contribution in [-0.4, -0.2) is 13.0 Å². The molecule has 0 N–H and O–H groups in total. The highest BCUT2D eigenvalue weighted by Gasteiger charge is 2.16. The Kier molecular flexibility index (Phi) is 3.52. The lowest BCUT2D eigenvalue weighted by atomic mass is 10.2. The van der Waals surface area contributed by atoms with Crippen LogP contribution in [0, 0.1) is 0 Å². The van der Waals surface area contributed by atoms with Gasteiger partial charge in [-0.25, -0.2) is 0 Å². The molecule has 0 saturated heterocycles. The van der Waals surface area contributed by atoms with E-state index in [1.54, 1.807) is 12.1 Å². The van der Waals surface area contributed by atoms with E-state index in [1.165, 1.54) is 12.2 Å². The Morgan fingerprint density at radius 2 is 1.47 bits per heavy atom. The van der Waals surface area contributed by atoms with Gasteiger partial charge in [0.05, 0.1) is 12.8 Å². The molecule has 0 atom stereocenters. The SMILES string of the molecule is CON(C(=O)c1ccccc1)c1ccccc1. The zero-order chi connectivity index (χ0) is 12.1. The van der Waals surface area contributed by atoms with Gasteiger partial charge in [-0.1, -0.05) is 36.4 Å². The molecule has 0 bridgehead atoms. The molecule has 0 radical (unpaired) electrons. The minimum absolute atomic E-state index is 0.181.